The Morgan fingerprint density at radius 3 is 2.30 bits per heavy atom. The number of hydrogen-bond donors (Lipinski definition) is 0. The number of amides is 2. The molecule has 2 heterocycles. The van der Waals surface area contributed by atoms with Gasteiger partial charge in [-0.1, -0.05) is 66.7 Å². The molecule has 0 N–H and O–H groups in total. The maximum atomic E-state index is 14.1. The molecule has 1 aromatic heterocycles. The van der Waals surface area contributed by atoms with Gasteiger partial charge in [-0.25, -0.2) is 4.68 Å². The van der Waals surface area contributed by atoms with Crippen LogP contribution in [0.1, 0.15) is 23.6 Å². The first-order valence-corrected chi connectivity index (χ1v) is 17.1. The number of carbonyl (C=O) groups excluding carboxylic acids is 2. The molecule has 9 heteroatoms. The van der Waals surface area contributed by atoms with Crippen molar-refractivity contribution in [1.29, 1.82) is 5.26 Å². The van der Waals surface area contributed by atoms with E-state index in [0.29, 0.717) is 47.1 Å². The average Bonchev–Trinajstić information content (AvgIpc) is 3.63. The summed E-state index contributed by atoms with van der Waals surface area (Å²) in [6.45, 7) is 2.12. The van der Waals surface area contributed by atoms with Crippen molar-refractivity contribution in [1.82, 2.24) is 14.7 Å². The van der Waals surface area contributed by atoms with Crippen LogP contribution in [0.15, 0.2) is 138 Å². The lowest BCUT2D eigenvalue weighted by molar-refractivity contribution is -0.140. The molecule has 0 saturated carbocycles. The number of methoxy groups -OCH3 is 2. The van der Waals surface area contributed by atoms with Gasteiger partial charge in [-0.3, -0.25) is 14.5 Å². The Labute approximate surface area is 307 Å². The number of carbonyl (C=O) groups is 2. The minimum absolute atomic E-state index is 0.0688. The Hall–Kier alpha value is -6.92. The van der Waals surface area contributed by atoms with Crippen LogP contribution in [0.5, 0.6) is 17.2 Å². The zero-order valence-electron chi connectivity index (χ0n) is 29.6. The number of rotatable bonds is 11. The molecular weight excluding hydrogens is 665 g/mol. The van der Waals surface area contributed by atoms with Gasteiger partial charge in [0.15, 0.2) is 11.5 Å². The first-order chi connectivity index (χ1) is 25.9. The Bertz CT molecular complexity index is 2430. The maximum Gasteiger partial charge on any atom is 0.271 e. The largest absolute Gasteiger partial charge is 0.493 e. The first-order valence-electron chi connectivity index (χ1n) is 17.1. The molecule has 0 spiro atoms. The van der Waals surface area contributed by atoms with E-state index in [9.17, 15) is 14.9 Å². The van der Waals surface area contributed by atoms with Gasteiger partial charge < -0.3 is 14.2 Å². The van der Waals surface area contributed by atoms with Gasteiger partial charge in [0.2, 0.25) is 0 Å². The molecule has 0 radical (unpaired) electrons. The summed E-state index contributed by atoms with van der Waals surface area (Å²) < 4.78 is 18.7. The second-order valence-electron chi connectivity index (χ2n) is 12.5. The quantitative estimate of drug-likeness (QED) is 0.0993. The van der Waals surface area contributed by atoms with E-state index in [-0.39, 0.29) is 17.7 Å². The van der Waals surface area contributed by atoms with Crippen LogP contribution in [-0.2, 0) is 22.6 Å². The van der Waals surface area contributed by atoms with Gasteiger partial charge in [-0.15, -0.1) is 0 Å². The Morgan fingerprint density at radius 2 is 1.55 bits per heavy atom. The molecule has 0 fully saturated rings. The summed E-state index contributed by atoms with van der Waals surface area (Å²) in [6, 6.07) is 39.2. The molecule has 0 bridgehead atoms. The van der Waals surface area contributed by atoms with Gasteiger partial charge >= 0.3 is 0 Å². The molecular formula is C44H36N4O5. The van der Waals surface area contributed by atoms with E-state index in [1.54, 1.807) is 38.0 Å². The fourth-order valence-corrected chi connectivity index (χ4v) is 6.48. The summed E-state index contributed by atoms with van der Waals surface area (Å²) in [6.07, 6.45) is 3.92. The molecule has 6 aromatic rings. The second-order valence-corrected chi connectivity index (χ2v) is 12.5. The highest BCUT2D eigenvalue weighted by Crippen LogP contribution is 2.33. The number of nitriles is 1. The number of para-hydroxylation sites is 1. The maximum absolute atomic E-state index is 14.1. The molecule has 0 saturated heterocycles. The lowest BCUT2D eigenvalue weighted by atomic mass is 9.93. The fourth-order valence-electron chi connectivity index (χ4n) is 6.48. The van der Waals surface area contributed by atoms with Crippen molar-refractivity contribution in [3.05, 3.63) is 155 Å². The molecule has 0 aliphatic carbocycles. The summed E-state index contributed by atoms with van der Waals surface area (Å²) >= 11 is 0. The van der Waals surface area contributed by atoms with Crippen LogP contribution >= 0.6 is 0 Å². The third kappa shape index (κ3) is 7.03. The summed E-state index contributed by atoms with van der Waals surface area (Å²) in [5.41, 5.74) is 5.33. The van der Waals surface area contributed by atoms with Crippen LogP contribution in [0.4, 0.5) is 0 Å². The van der Waals surface area contributed by atoms with Gasteiger partial charge in [0.1, 0.15) is 24.0 Å². The van der Waals surface area contributed by atoms with Gasteiger partial charge in [-0.2, -0.15) is 10.4 Å². The Morgan fingerprint density at radius 1 is 0.811 bits per heavy atom. The van der Waals surface area contributed by atoms with Gasteiger partial charge in [0.05, 0.1) is 25.6 Å². The average molecular weight is 701 g/mol. The van der Waals surface area contributed by atoms with E-state index in [1.165, 1.54) is 0 Å². The lowest BCUT2D eigenvalue weighted by Gasteiger charge is -2.27. The number of fused-ring (bicyclic) bond motifs is 1. The summed E-state index contributed by atoms with van der Waals surface area (Å²) in [5.74, 6) is 0.719. The fraction of sp³-hybridized carbons (Fsp3) is 0.136. The molecule has 0 atom stereocenters. The molecule has 5 aromatic carbocycles. The van der Waals surface area contributed by atoms with Crippen molar-refractivity contribution in [2.75, 3.05) is 20.8 Å². The number of ether oxygens (including phenoxy) is 3. The van der Waals surface area contributed by atoms with E-state index < -0.39 is 11.8 Å². The van der Waals surface area contributed by atoms with Crippen LogP contribution in [0, 0.1) is 11.3 Å². The van der Waals surface area contributed by atoms with E-state index in [0.717, 1.165) is 38.1 Å². The predicted octanol–water partition coefficient (Wildman–Crippen LogP) is 8.12. The van der Waals surface area contributed by atoms with Crippen LogP contribution < -0.4 is 14.2 Å². The molecule has 0 unspecified atom stereocenters. The van der Waals surface area contributed by atoms with E-state index >= 15 is 0 Å². The normalized spacial score (nSPS) is 13.8. The SMILES string of the molecule is COc1ccc(CCN2C(=O)C(C#N)=C(C)/C(=C\c3cn(-c4ccccc4)nc3-c3ccc(OCc4cccc5ccccc45)cc3)C2=O)cc1OC. The van der Waals surface area contributed by atoms with Crippen molar-refractivity contribution >= 4 is 28.7 Å². The number of hydrogen-bond acceptors (Lipinski definition) is 7. The van der Waals surface area contributed by atoms with Crippen LogP contribution in [0.25, 0.3) is 33.8 Å². The van der Waals surface area contributed by atoms with Crippen LogP contribution in [0.3, 0.4) is 0 Å². The third-order valence-corrected chi connectivity index (χ3v) is 9.36. The highest BCUT2D eigenvalue weighted by Gasteiger charge is 2.35. The summed E-state index contributed by atoms with van der Waals surface area (Å²) in [5, 5.41) is 17.3. The summed E-state index contributed by atoms with van der Waals surface area (Å²) in [4.78, 5) is 28.7. The topological polar surface area (TPSA) is 107 Å². The molecule has 262 valence electrons. The second kappa shape index (κ2) is 15.1. The minimum Gasteiger partial charge on any atom is -0.493 e. The molecule has 9 nitrogen and oxygen atoms in total. The predicted molar refractivity (Wildman–Crippen MR) is 204 cm³/mol. The smallest absolute Gasteiger partial charge is 0.271 e. The van der Waals surface area contributed by atoms with Gasteiger partial charge in [0, 0.05) is 29.4 Å². The number of benzene rings is 5. The molecule has 7 rings (SSSR count). The standard InChI is InChI=1S/C44H36N4O5/c1-29-38(43(49)47(44(50)39(29)26-45)23-22-30-16-21-40(51-2)41(24-30)52-3)25-34-27-48(35-13-5-4-6-14-35)46-42(34)32-17-19-36(20-18-32)53-28-33-12-9-11-31-10-7-8-15-37(31)33/h4-21,24-25,27H,22-23,28H2,1-3H3/b38-25+. The Balaban J connectivity index is 1.20. The zero-order chi connectivity index (χ0) is 36.9. The zero-order valence-corrected chi connectivity index (χ0v) is 29.6. The highest BCUT2D eigenvalue weighted by molar-refractivity contribution is 6.19. The number of nitrogens with zero attached hydrogens (tertiary/aromatic N) is 4. The summed E-state index contributed by atoms with van der Waals surface area (Å²) in [7, 11) is 3.11. The van der Waals surface area contributed by atoms with Crippen molar-refractivity contribution < 1.29 is 23.8 Å². The van der Waals surface area contributed by atoms with E-state index in [4.69, 9.17) is 19.3 Å². The van der Waals surface area contributed by atoms with E-state index in [1.807, 2.05) is 97.2 Å². The molecule has 2 amide bonds. The van der Waals surface area contributed by atoms with Crippen molar-refractivity contribution in [2.45, 2.75) is 20.0 Å². The highest BCUT2D eigenvalue weighted by atomic mass is 16.5. The van der Waals surface area contributed by atoms with Gasteiger partial charge in [-0.05, 0) is 95.4 Å². The Kier molecular flexibility index (Phi) is 9.86. The lowest BCUT2D eigenvalue weighted by Crippen LogP contribution is -2.43. The monoisotopic (exact) mass is 700 g/mol. The molecule has 53 heavy (non-hydrogen) atoms. The number of aromatic nitrogens is 2. The minimum atomic E-state index is -0.619. The number of imide groups is 1. The van der Waals surface area contributed by atoms with Crippen molar-refractivity contribution in [3.8, 4) is 40.3 Å². The van der Waals surface area contributed by atoms with Crippen LogP contribution in [-0.4, -0.2) is 47.3 Å². The van der Waals surface area contributed by atoms with Crippen molar-refractivity contribution in [2.24, 2.45) is 0 Å². The van der Waals surface area contributed by atoms with Crippen molar-refractivity contribution in [3.63, 3.8) is 0 Å². The van der Waals surface area contributed by atoms with Gasteiger partial charge in [0.25, 0.3) is 11.8 Å². The third-order valence-electron chi connectivity index (χ3n) is 9.36. The molecule has 1 aliphatic rings. The first kappa shape index (κ1) is 34.5. The van der Waals surface area contributed by atoms with E-state index in [2.05, 4.69) is 24.3 Å². The van der Waals surface area contributed by atoms with Crippen LogP contribution in [0.2, 0.25) is 0 Å². The molecule has 1 aliphatic heterocycles.